The predicted octanol–water partition coefficient (Wildman–Crippen LogP) is 3.70. The van der Waals surface area contributed by atoms with Crippen LogP contribution in [0.4, 0.5) is 10.1 Å². The van der Waals surface area contributed by atoms with Crippen molar-refractivity contribution in [2.45, 2.75) is 60.5 Å². The molecule has 0 aromatic heterocycles. The molecule has 2 aromatic rings. The van der Waals surface area contributed by atoms with Crippen LogP contribution >= 0.6 is 0 Å². The lowest BCUT2D eigenvalue weighted by molar-refractivity contribution is 0.468. The quantitative estimate of drug-likeness (QED) is 0.787. The van der Waals surface area contributed by atoms with Crippen molar-refractivity contribution in [1.82, 2.24) is 5.32 Å². The van der Waals surface area contributed by atoms with Crippen molar-refractivity contribution in [1.29, 1.82) is 0 Å². The Morgan fingerprint density at radius 3 is 2.35 bits per heavy atom. The van der Waals surface area contributed by atoms with E-state index in [1.165, 1.54) is 24.3 Å². The molecule has 1 saturated heterocycles. The van der Waals surface area contributed by atoms with Gasteiger partial charge in [0.1, 0.15) is 5.82 Å². The van der Waals surface area contributed by atoms with E-state index >= 15 is 0 Å². The summed E-state index contributed by atoms with van der Waals surface area (Å²) in [4.78, 5) is 0.383. The Balaban J connectivity index is 1.72. The first-order valence-corrected chi connectivity index (χ1v) is 10.5. The van der Waals surface area contributed by atoms with Gasteiger partial charge in [-0.05, 0) is 74.7 Å². The maximum Gasteiger partial charge on any atom is 0.206 e. The van der Waals surface area contributed by atoms with Gasteiger partial charge in [0.25, 0.3) is 0 Å². The minimum atomic E-state index is -3.66. The summed E-state index contributed by atoms with van der Waals surface area (Å²) in [7, 11) is -3.66. The molecule has 4 rings (SSSR count). The number of nitrogens with one attached hydrogen (secondary N) is 2. The Bertz CT molecular complexity index is 927. The summed E-state index contributed by atoms with van der Waals surface area (Å²) in [5.74, 6) is -0.153. The highest BCUT2D eigenvalue weighted by atomic mass is 32.2. The number of fused-ring (bicyclic) bond motifs is 3. The zero-order valence-corrected chi connectivity index (χ0v) is 15.7. The van der Waals surface area contributed by atoms with E-state index in [2.05, 4.69) is 24.5 Å². The van der Waals surface area contributed by atoms with Gasteiger partial charge in [-0.15, -0.1) is 0 Å². The number of halogens is 1. The summed E-state index contributed by atoms with van der Waals surface area (Å²) in [6.07, 6.45) is 1.97. The van der Waals surface area contributed by atoms with Gasteiger partial charge in [0.05, 0.1) is 9.79 Å². The molecule has 2 aromatic carbocycles. The normalized spacial score (nSPS) is 28.0. The molecule has 0 radical (unpaired) electrons. The largest absolute Gasteiger partial charge is 0.381 e. The fraction of sp³-hybridized carbons (Fsp3) is 0.400. The molecule has 4 atom stereocenters. The van der Waals surface area contributed by atoms with Crippen molar-refractivity contribution < 1.29 is 12.8 Å². The van der Waals surface area contributed by atoms with E-state index in [0.29, 0.717) is 24.0 Å². The van der Waals surface area contributed by atoms with Crippen molar-refractivity contribution in [3.63, 3.8) is 0 Å². The molecule has 0 spiro atoms. The summed E-state index contributed by atoms with van der Waals surface area (Å²) in [5, 5.41) is 7.15. The number of sulfone groups is 1. The van der Waals surface area contributed by atoms with Crippen LogP contribution in [0.3, 0.4) is 0 Å². The minimum absolute atomic E-state index is 0.117. The van der Waals surface area contributed by atoms with Gasteiger partial charge in [0.15, 0.2) is 0 Å². The van der Waals surface area contributed by atoms with Crippen LogP contribution in [0.1, 0.15) is 38.2 Å². The molecule has 138 valence electrons. The fourth-order valence-electron chi connectivity index (χ4n) is 4.31. The average Bonchev–Trinajstić information content (AvgIpc) is 2.83. The van der Waals surface area contributed by atoms with E-state index in [-0.39, 0.29) is 9.79 Å². The third-order valence-electron chi connectivity index (χ3n) is 5.47. The maximum atomic E-state index is 13.1. The SMILES string of the molecule is CC1CC2Nc3ccc(S(=O)(=O)c4ccc(F)cc4)cc3[C@H]2CC(C)N1. The molecular weight excluding hydrogens is 351 g/mol. The van der Waals surface area contributed by atoms with Crippen molar-refractivity contribution in [3.05, 3.63) is 53.8 Å². The molecule has 4 nitrogen and oxygen atoms in total. The average molecular weight is 374 g/mol. The lowest BCUT2D eigenvalue weighted by atomic mass is 9.88. The fourth-order valence-corrected chi connectivity index (χ4v) is 5.61. The van der Waals surface area contributed by atoms with Gasteiger partial charge in [-0.2, -0.15) is 0 Å². The van der Waals surface area contributed by atoms with Gasteiger partial charge in [0.2, 0.25) is 9.84 Å². The van der Waals surface area contributed by atoms with Crippen LogP contribution in [-0.2, 0) is 9.84 Å². The van der Waals surface area contributed by atoms with E-state index in [9.17, 15) is 12.8 Å². The Kier molecular flexibility index (Phi) is 4.28. The third-order valence-corrected chi connectivity index (χ3v) is 7.23. The first-order valence-electron chi connectivity index (χ1n) is 9.02. The van der Waals surface area contributed by atoms with Crippen LogP contribution in [-0.4, -0.2) is 26.5 Å². The molecule has 1 fully saturated rings. The van der Waals surface area contributed by atoms with Crippen molar-refractivity contribution in [3.8, 4) is 0 Å². The number of benzene rings is 2. The molecule has 0 bridgehead atoms. The highest BCUT2D eigenvalue weighted by Crippen LogP contribution is 2.43. The Labute approximate surface area is 153 Å². The topological polar surface area (TPSA) is 58.2 Å². The van der Waals surface area contributed by atoms with E-state index in [1.54, 1.807) is 12.1 Å². The van der Waals surface area contributed by atoms with Gasteiger partial charge >= 0.3 is 0 Å². The molecule has 3 unspecified atom stereocenters. The zero-order valence-electron chi connectivity index (χ0n) is 14.9. The minimum Gasteiger partial charge on any atom is -0.381 e. The van der Waals surface area contributed by atoms with Crippen LogP contribution in [0.25, 0.3) is 0 Å². The molecule has 2 N–H and O–H groups in total. The molecule has 2 heterocycles. The van der Waals surface area contributed by atoms with Crippen LogP contribution < -0.4 is 10.6 Å². The predicted molar refractivity (Wildman–Crippen MR) is 99.7 cm³/mol. The van der Waals surface area contributed by atoms with Crippen LogP contribution in [0.2, 0.25) is 0 Å². The summed E-state index contributed by atoms with van der Waals surface area (Å²) in [6.45, 7) is 4.37. The second kappa shape index (κ2) is 6.35. The van der Waals surface area contributed by atoms with E-state index in [4.69, 9.17) is 0 Å². The second-order valence-corrected chi connectivity index (χ2v) is 9.45. The van der Waals surface area contributed by atoms with Gasteiger partial charge < -0.3 is 10.6 Å². The number of hydrogen-bond acceptors (Lipinski definition) is 4. The summed E-state index contributed by atoms with van der Waals surface area (Å²) >= 11 is 0. The highest BCUT2D eigenvalue weighted by molar-refractivity contribution is 7.91. The van der Waals surface area contributed by atoms with E-state index < -0.39 is 15.7 Å². The molecule has 6 heteroatoms. The Morgan fingerprint density at radius 2 is 1.62 bits per heavy atom. The van der Waals surface area contributed by atoms with Crippen molar-refractivity contribution >= 4 is 15.5 Å². The lowest BCUT2D eigenvalue weighted by Crippen LogP contribution is -2.33. The number of anilines is 1. The highest BCUT2D eigenvalue weighted by Gasteiger charge is 2.37. The molecule has 2 aliphatic rings. The zero-order chi connectivity index (χ0) is 18.5. The van der Waals surface area contributed by atoms with E-state index in [0.717, 1.165) is 24.1 Å². The number of hydrogen-bond donors (Lipinski definition) is 2. The molecule has 2 aliphatic heterocycles. The van der Waals surface area contributed by atoms with Gasteiger partial charge in [-0.1, -0.05) is 0 Å². The van der Waals surface area contributed by atoms with Gasteiger partial charge in [-0.3, -0.25) is 0 Å². The van der Waals surface area contributed by atoms with Gasteiger partial charge in [-0.25, -0.2) is 12.8 Å². The number of rotatable bonds is 2. The maximum absolute atomic E-state index is 13.1. The molecule has 0 aliphatic carbocycles. The van der Waals surface area contributed by atoms with Crippen molar-refractivity contribution in [2.75, 3.05) is 5.32 Å². The first-order chi connectivity index (χ1) is 12.3. The van der Waals surface area contributed by atoms with E-state index in [1.807, 2.05) is 6.07 Å². The molecular formula is C20H23FN2O2S. The van der Waals surface area contributed by atoms with Crippen LogP contribution in [0.5, 0.6) is 0 Å². The third kappa shape index (κ3) is 3.01. The summed E-state index contributed by atoms with van der Waals surface area (Å²) in [5.41, 5.74) is 2.10. The standard InChI is InChI=1S/C20H23FN2O2S/c1-12-9-17-18-11-16(26(24,25)15-5-3-14(21)4-6-15)7-8-19(18)23-20(17)10-13(2)22-12/h3-8,11-13,17,20,22-23H,9-10H2,1-2H3/t12?,13?,17-,20?/m1/s1. The molecule has 26 heavy (non-hydrogen) atoms. The summed E-state index contributed by atoms with van der Waals surface area (Å²) in [6, 6.07) is 11.4. The van der Waals surface area contributed by atoms with Crippen molar-refractivity contribution in [2.24, 2.45) is 0 Å². The van der Waals surface area contributed by atoms with Crippen LogP contribution in [0, 0.1) is 5.82 Å². The monoisotopic (exact) mass is 374 g/mol. The Morgan fingerprint density at radius 1 is 0.962 bits per heavy atom. The molecule has 0 saturated carbocycles. The smallest absolute Gasteiger partial charge is 0.206 e. The van der Waals surface area contributed by atoms with Gasteiger partial charge in [0, 0.05) is 29.7 Å². The first kappa shape index (κ1) is 17.5. The summed E-state index contributed by atoms with van der Waals surface area (Å²) < 4.78 is 39.0. The lowest BCUT2D eigenvalue weighted by Gasteiger charge is -2.18. The molecule has 0 amide bonds. The van der Waals surface area contributed by atoms with Crippen LogP contribution in [0.15, 0.2) is 52.3 Å². The second-order valence-electron chi connectivity index (χ2n) is 7.50. The Hall–Kier alpha value is -1.92.